The number of aryl methyl sites for hydroxylation is 1. The molecule has 1 aliphatic rings. The third-order valence-corrected chi connectivity index (χ3v) is 4.40. The molecule has 0 aliphatic carbocycles. The molecule has 0 aromatic heterocycles. The van der Waals surface area contributed by atoms with Crippen molar-refractivity contribution in [1.29, 1.82) is 0 Å². The van der Waals surface area contributed by atoms with Crippen LogP contribution in [0.25, 0.3) is 0 Å². The second-order valence-corrected chi connectivity index (χ2v) is 6.34. The lowest BCUT2D eigenvalue weighted by molar-refractivity contribution is -0.139. The van der Waals surface area contributed by atoms with Gasteiger partial charge in [-0.3, -0.25) is 19.3 Å². The molecule has 2 aromatic carbocycles. The number of carbonyl (C=O) groups excluding carboxylic acids is 3. The lowest BCUT2D eigenvalue weighted by Gasteiger charge is -2.14. The highest BCUT2D eigenvalue weighted by atomic mass is 19.1. The molecule has 0 atom stereocenters. The first-order valence-corrected chi connectivity index (χ1v) is 8.39. The summed E-state index contributed by atoms with van der Waals surface area (Å²) < 4.78 is 13.5. The summed E-state index contributed by atoms with van der Waals surface area (Å²) in [6, 6.07) is 11.6. The van der Waals surface area contributed by atoms with Crippen LogP contribution in [0.2, 0.25) is 0 Å². The highest BCUT2D eigenvalue weighted by Gasteiger charge is 2.28. The van der Waals surface area contributed by atoms with Gasteiger partial charge in [0, 0.05) is 24.9 Å². The molecule has 6 heteroatoms. The number of amides is 3. The molecule has 0 saturated carbocycles. The van der Waals surface area contributed by atoms with Crippen molar-refractivity contribution in [3.63, 3.8) is 0 Å². The van der Waals surface area contributed by atoms with Crippen LogP contribution >= 0.6 is 0 Å². The van der Waals surface area contributed by atoms with Crippen molar-refractivity contribution in [2.75, 3.05) is 0 Å². The fourth-order valence-corrected chi connectivity index (χ4v) is 2.77. The Morgan fingerprint density at radius 2 is 1.65 bits per heavy atom. The van der Waals surface area contributed by atoms with Crippen LogP contribution in [0.5, 0.6) is 0 Å². The topological polar surface area (TPSA) is 66.5 Å². The third-order valence-electron chi connectivity index (χ3n) is 4.40. The van der Waals surface area contributed by atoms with Gasteiger partial charge < -0.3 is 5.32 Å². The molecule has 1 aliphatic heterocycles. The Bertz CT molecular complexity index is 846. The van der Waals surface area contributed by atoms with E-state index in [1.807, 2.05) is 0 Å². The van der Waals surface area contributed by atoms with Crippen molar-refractivity contribution in [1.82, 2.24) is 10.2 Å². The molecule has 0 unspecified atom stereocenters. The zero-order valence-electron chi connectivity index (χ0n) is 14.4. The molecule has 2 aromatic rings. The molecule has 0 spiro atoms. The molecular formula is C20H19FN2O3. The van der Waals surface area contributed by atoms with Crippen molar-refractivity contribution < 1.29 is 18.8 Å². The maximum atomic E-state index is 13.5. The van der Waals surface area contributed by atoms with E-state index in [0.717, 1.165) is 5.56 Å². The number of nitrogens with one attached hydrogen (secondary N) is 1. The fourth-order valence-electron chi connectivity index (χ4n) is 2.77. The molecule has 1 saturated heterocycles. The maximum absolute atomic E-state index is 13.5. The summed E-state index contributed by atoms with van der Waals surface area (Å²) in [6.45, 7) is 2.14. The van der Waals surface area contributed by atoms with Gasteiger partial charge in [-0.1, -0.05) is 24.3 Å². The van der Waals surface area contributed by atoms with Gasteiger partial charge in [0.15, 0.2) is 0 Å². The van der Waals surface area contributed by atoms with Crippen molar-refractivity contribution in [3.8, 4) is 0 Å². The van der Waals surface area contributed by atoms with E-state index in [9.17, 15) is 18.8 Å². The standard InChI is InChI=1S/C20H19FN2O3/c1-13-2-3-15(10-17(13)21)11-22-20(26)16-6-4-14(5-7-16)12-23-18(24)8-9-19(23)25/h2-7,10H,8-9,11-12H2,1H3,(H,22,26). The minimum Gasteiger partial charge on any atom is -0.348 e. The average Bonchev–Trinajstić information content (AvgIpc) is 2.95. The summed E-state index contributed by atoms with van der Waals surface area (Å²) in [7, 11) is 0. The number of imide groups is 1. The first kappa shape index (κ1) is 17.8. The largest absolute Gasteiger partial charge is 0.348 e. The van der Waals surface area contributed by atoms with E-state index in [1.165, 1.54) is 11.0 Å². The normalized spacial score (nSPS) is 14.0. The van der Waals surface area contributed by atoms with Crippen LogP contribution in [0.15, 0.2) is 42.5 Å². The van der Waals surface area contributed by atoms with E-state index in [-0.39, 0.29) is 49.5 Å². The van der Waals surface area contributed by atoms with Crippen molar-refractivity contribution in [2.45, 2.75) is 32.9 Å². The summed E-state index contributed by atoms with van der Waals surface area (Å²) in [5, 5.41) is 2.74. The van der Waals surface area contributed by atoms with Gasteiger partial charge in [0.25, 0.3) is 5.91 Å². The smallest absolute Gasteiger partial charge is 0.251 e. The van der Waals surface area contributed by atoms with Crippen molar-refractivity contribution in [2.24, 2.45) is 0 Å². The summed E-state index contributed by atoms with van der Waals surface area (Å²) in [5.74, 6) is -0.901. The first-order valence-electron chi connectivity index (χ1n) is 8.39. The molecule has 26 heavy (non-hydrogen) atoms. The number of carbonyl (C=O) groups is 3. The third kappa shape index (κ3) is 3.96. The molecule has 1 N–H and O–H groups in total. The molecule has 0 bridgehead atoms. The molecule has 0 radical (unpaired) electrons. The van der Waals surface area contributed by atoms with Crippen LogP contribution < -0.4 is 5.32 Å². The van der Waals surface area contributed by atoms with Gasteiger partial charge in [-0.2, -0.15) is 0 Å². The van der Waals surface area contributed by atoms with E-state index < -0.39 is 0 Å². The highest BCUT2D eigenvalue weighted by Crippen LogP contribution is 2.16. The fraction of sp³-hybridized carbons (Fsp3) is 0.250. The van der Waals surface area contributed by atoms with E-state index in [0.29, 0.717) is 16.7 Å². The van der Waals surface area contributed by atoms with Gasteiger partial charge in [-0.25, -0.2) is 4.39 Å². The SMILES string of the molecule is Cc1ccc(CNC(=O)c2ccc(CN3C(=O)CCC3=O)cc2)cc1F. The van der Waals surface area contributed by atoms with Crippen LogP contribution in [-0.4, -0.2) is 22.6 Å². The Balaban J connectivity index is 1.59. The number of benzene rings is 2. The van der Waals surface area contributed by atoms with Crippen LogP contribution in [0, 0.1) is 12.7 Å². The predicted octanol–water partition coefficient (Wildman–Crippen LogP) is 2.71. The Labute approximate surface area is 150 Å². The minimum absolute atomic E-state index is 0.165. The molecule has 1 fully saturated rings. The summed E-state index contributed by atoms with van der Waals surface area (Å²) in [5.41, 5.74) is 2.49. The summed E-state index contributed by atoms with van der Waals surface area (Å²) in [4.78, 5) is 36.7. The van der Waals surface area contributed by atoms with Crippen LogP contribution in [-0.2, 0) is 22.7 Å². The number of halogens is 1. The predicted molar refractivity (Wildman–Crippen MR) is 93.5 cm³/mol. The highest BCUT2D eigenvalue weighted by molar-refractivity contribution is 6.01. The van der Waals surface area contributed by atoms with Crippen LogP contribution in [0.3, 0.4) is 0 Å². The van der Waals surface area contributed by atoms with Gasteiger partial charge in [0.05, 0.1) is 6.54 Å². The second kappa shape index (κ2) is 7.47. The Morgan fingerprint density at radius 3 is 2.27 bits per heavy atom. The molecule has 1 heterocycles. The zero-order chi connectivity index (χ0) is 18.7. The monoisotopic (exact) mass is 354 g/mol. The number of nitrogens with zero attached hydrogens (tertiary/aromatic N) is 1. The Morgan fingerprint density at radius 1 is 1.04 bits per heavy atom. The minimum atomic E-state index is -0.299. The van der Waals surface area contributed by atoms with E-state index in [4.69, 9.17) is 0 Å². The molecule has 3 rings (SSSR count). The van der Waals surface area contributed by atoms with Crippen LogP contribution in [0.4, 0.5) is 4.39 Å². The Kier molecular flexibility index (Phi) is 5.11. The average molecular weight is 354 g/mol. The summed E-state index contributed by atoms with van der Waals surface area (Å²) in [6.07, 6.45) is 0.526. The number of hydrogen-bond acceptors (Lipinski definition) is 3. The second-order valence-electron chi connectivity index (χ2n) is 6.34. The van der Waals surface area contributed by atoms with Gasteiger partial charge in [0.2, 0.25) is 11.8 Å². The van der Waals surface area contributed by atoms with Gasteiger partial charge >= 0.3 is 0 Å². The molecule has 134 valence electrons. The Hall–Kier alpha value is -3.02. The van der Waals surface area contributed by atoms with Crippen LogP contribution in [0.1, 0.15) is 39.9 Å². The first-order chi connectivity index (χ1) is 12.4. The molecule has 3 amide bonds. The van der Waals surface area contributed by atoms with E-state index in [1.54, 1.807) is 43.3 Å². The van der Waals surface area contributed by atoms with Crippen molar-refractivity contribution in [3.05, 3.63) is 70.5 Å². The zero-order valence-corrected chi connectivity index (χ0v) is 14.4. The number of likely N-dealkylation sites (tertiary alicyclic amines) is 1. The van der Waals surface area contributed by atoms with Crippen molar-refractivity contribution >= 4 is 17.7 Å². The van der Waals surface area contributed by atoms with Gasteiger partial charge in [0.1, 0.15) is 5.82 Å². The lowest BCUT2D eigenvalue weighted by atomic mass is 10.1. The van der Waals surface area contributed by atoms with E-state index >= 15 is 0 Å². The number of rotatable bonds is 5. The number of hydrogen-bond donors (Lipinski definition) is 1. The van der Waals surface area contributed by atoms with E-state index in [2.05, 4.69) is 5.32 Å². The summed E-state index contributed by atoms with van der Waals surface area (Å²) >= 11 is 0. The molecular weight excluding hydrogens is 335 g/mol. The van der Waals surface area contributed by atoms with Gasteiger partial charge in [-0.15, -0.1) is 0 Å². The quantitative estimate of drug-likeness (QED) is 0.840. The molecule has 5 nitrogen and oxygen atoms in total. The van der Waals surface area contributed by atoms with Gasteiger partial charge in [-0.05, 0) is 41.8 Å². The lowest BCUT2D eigenvalue weighted by Crippen LogP contribution is -2.28. The maximum Gasteiger partial charge on any atom is 0.251 e.